The molecule has 0 bridgehead atoms. The lowest BCUT2D eigenvalue weighted by molar-refractivity contribution is 0.883. The van der Waals surface area contributed by atoms with Gasteiger partial charge in [0.05, 0.1) is 0 Å². The second-order valence-corrected chi connectivity index (χ2v) is 5.69. The Labute approximate surface area is 121 Å². The van der Waals surface area contributed by atoms with E-state index in [1.54, 1.807) is 0 Å². The molecule has 0 radical (unpaired) electrons. The third kappa shape index (κ3) is 3.27. The standard InChI is InChI=1S/C15H15BrClN/c1-10-3-5-12(6-4-10)11(2)18-15-8-7-13(17)9-14(15)16/h3-9,11,18H,1-2H3. The summed E-state index contributed by atoms with van der Waals surface area (Å²) in [5.41, 5.74) is 3.59. The molecule has 2 rings (SSSR count). The van der Waals surface area contributed by atoms with Crippen molar-refractivity contribution in [1.82, 2.24) is 0 Å². The minimum atomic E-state index is 0.253. The monoisotopic (exact) mass is 323 g/mol. The first kappa shape index (κ1) is 13.4. The molecule has 1 unspecified atom stereocenters. The Hall–Kier alpha value is -0.990. The van der Waals surface area contributed by atoms with E-state index in [0.717, 1.165) is 15.2 Å². The van der Waals surface area contributed by atoms with Gasteiger partial charge in [-0.25, -0.2) is 0 Å². The highest BCUT2D eigenvalue weighted by Gasteiger charge is 2.07. The normalized spacial score (nSPS) is 12.2. The van der Waals surface area contributed by atoms with Crippen LogP contribution in [-0.4, -0.2) is 0 Å². The van der Waals surface area contributed by atoms with E-state index < -0.39 is 0 Å². The van der Waals surface area contributed by atoms with E-state index in [2.05, 4.69) is 59.4 Å². The number of benzene rings is 2. The van der Waals surface area contributed by atoms with Gasteiger partial charge in [0.15, 0.2) is 0 Å². The molecule has 0 aliphatic carbocycles. The first-order chi connectivity index (χ1) is 8.56. The van der Waals surface area contributed by atoms with Crippen molar-refractivity contribution in [3.05, 3.63) is 63.1 Å². The van der Waals surface area contributed by atoms with Crippen LogP contribution in [0.3, 0.4) is 0 Å². The zero-order chi connectivity index (χ0) is 13.1. The summed E-state index contributed by atoms with van der Waals surface area (Å²) in [7, 11) is 0. The third-order valence-electron chi connectivity index (χ3n) is 2.88. The summed E-state index contributed by atoms with van der Waals surface area (Å²) >= 11 is 9.44. The Balaban J connectivity index is 2.15. The van der Waals surface area contributed by atoms with Gasteiger partial charge < -0.3 is 5.32 Å². The molecule has 0 spiro atoms. The largest absolute Gasteiger partial charge is 0.378 e. The molecule has 0 aliphatic heterocycles. The smallest absolute Gasteiger partial charge is 0.0490 e. The number of aryl methyl sites for hydroxylation is 1. The molecule has 94 valence electrons. The van der Waals surface area contributed by atoms with Crippen molar-refractivity contribution < 1.29 is 0 Å². The molecule has 0 amide bonds. The zero-order valence-corrected chi connectivity index (χ0v) is 12.7. The van der Waals surface area contributed by atoms with Gasteiger partial charge in [0, 0.05) is 21.2 Å². The molecule has 0 saturated heterocycles. The van der Waals surface area contributed by atoms with E-state index in [1.165, 1.54) is 11.1 Å². The van der Waals surface area contributed by atoms with Crippen LogP contribution in [0.2, 0.25) is 5.02 Å². The summed E-state index contributed by atoms with van der Waals surface area (Å²) < 4.78 is 0.981. The van der Waals surface area contributed by atoms with Gasteiger partial charge in [0.25, 0.3) is 0 Å². The minimum absolute atomic E-state index is 0.253. The van der Waals surface area contributed by atoms with E-state index in [4.69, 9.17) is 11.6 Å². The van der Waals surface area contributed by atoms with E-state index in [-0.39, 0.29) is 6.04 Å². The highest BCUT2D eigenvalue weighted by Crippen LogP contribution is 2.29. The van der Waals surface area contributed by atoms with Gasteiger partial charge in [0.2, 0.25) is 0 Å². The summed E-state index contributed by atoms with van der Waals surface area (Å²) in [5, 5.41) is 4.20. The maximum atomic E-state index is 5.93. The predicted molar refractivity (Wildman–Crippen MR) is 82.4 cm³/mol. The van der Waals surface area contributed by atoms with Gasteiger partial charge in [-0.1, -0.05) is 41.4 Å². The highest BCUT2D eigenvalue weighted by atomic mass is 79.9. The molecule has 0 heterocycles. The summed E-state index contributed by atoms with van der Waals surface area (Å²) in [5.74, 6) is 0. The van der Waals surface area contributed by atoms with Gasteiger partial charge in [0.1, 0.15) is 0 Å². The summed E-state index contributed by atoms with van der Waals surface area (Å²) in [6.07, 6.45) is 0. The van der Waals surface area contributed by atoms with E-state index >= 15 is 0 Å². The molecule has 1 N–H and O–H groups in total. The topological polar surface area (TPSA) is 12.0 Å². The quantitative estimate of drug-likeness (QED) is 0.776. The zero-order valence-electron chi connectivity index (χ0n) is 10.4. The molecule has 0 fully saturated rings. The van der Waals surface area contributed by atoms with Crippen molar-refractivity contribution in [2.24, 2.45) is 0 Å². The maximum absolute atomic E-state index is 5.93. The van der Waals surface area contributed by atoms with Gasteiger partial charge in [-0.05, 0) is 53.5 Å². The van der Waals surface area contributed by atoms with Crippen LogP contribution in [0.25, 0.3) is 0 Å². The molecule has 1 atom stereocenters. The molecule has 0 aliphatic rings. The number of nitrogens with one attached hydrogen (secondary N) is 1. The number of anilines is 1. The first-order valence-corrected chi connectivity index (χ1v) is 7.01. The van der Waals surface area contributed by atoms with Crippen LogP contribution in [0.1, 0.15) is 24.1 Å². The molecule has 0 aromatic heterocycles. The molecular weight excluding hydrogens is 310 g/mol. The lowest BCUT2D eigenvalue weighted by Crippen LogP contribution is -2.06. The van der Waals surface area contributed by atoms with Crippen molar-refractivity contribution in [2.75, 3.05) is 5.32 Å². The number of halogens is 2. The Bertz CT molecular complexity index is 537. The van der Waals surface area contributed by atoms with Crippen molar-refractivity contribution in [3.63, 3.8) is 0 Å². The third-order valence-corrected chi connectivity index (χ3v) is 3.77. The molecule has 3 heteroatoms. The van der Waals surface area contributed by atoms with Crippen LogP contribution in [0.15, 0.2) is 46.9 Å². The average Bonchev–Trinajstić information content (AvgIpc) is 2.33. The summed E-state index contributed by atoms with van der Waals surface area (Å²) in [6.45, 7) is 4.24. The second kappa shape index (κ2) is 5.77. The molecule has 2 aromatic carbocycles. The fourth-order valence-electron chi connectivity index (χ4n) is 1.78. The van der Waals surface area contributed by atoms with Gasteiger partial charge in [-0.15, -0.1) is 0 Å². The summed E-state index contributed by atoms with van der Waals surface area (Å²) in [6, 6.07) is 14.6. The van der Waals surface area contributed by atoms with Crippen LogP contribution in [-0.2, 0) is 0 Å². The SMILES string of the molecule is Cc1ccc(C(C)Nc2ccc(Cl)cc2Br)cc1. The molecule has 1 nitrogen and oxygen atoms in total. The summed E-state index contributed by atoms with van der Waals surface area (Å²) in [4.78, 5) is 0. The number of hydrogen-bond acceptors (Lipinski definition) is 1. The predicted octanol–water partition coefficient (Wildman–Crippen LogP) is 5.58. The molecular formula is C15H15BrClN. The first-order valence-electron chi connectivity index (χ1n) is 5.84. The van der Waals surface area contributed by atoms with Crippen LogP contribution >= 0.6 is 27.5 Å². The van der Waals surface area contributed by atoms with E-state index in [9.17, 15) is 0 Å². The second-order valence-electron chi connectivity index (χ2n) is 4.40. The van der Waals surface area contributed by atoms with Crippen LogP contribution in [0.4, 0.5) is 5.69 Å². The van der Waals surface area contributed by atoms with E-state index in [1.807, 2.05) is 18.2 Å². The Kier molecular flexibility index (Phi) is 4.31. The Morgan fingerprint density at radius 2 is 1.78 bits per heavy atom. The lowest BCUT2D eigenvalue weighted by atomic mass is 10.1. The Morgan fingerprint density at radius 1 is 1.11 bits per heavy atom. The van der Waals surface area contributed by atoms with Crippen molar-refractivity contribution in [3.8, 4) is 0 Å². The maximum Gasteiger partial charge on any atom is 0.0490 e. The van der Waals surface area contributed by atoms with Crippen LogP contribution < -0.4 is 5.32 Å². The molecule has 2 aromatic rings. The highest BCUT2D eigenvalue weighted by molar-refractivity contribution is 9.10. The Morgan fingerprint density at radius 3 is 2.39 bits per heavy atom. The molecule has 0 saturated carbocycles. The van der Waals surface area contributed by atoms with Gasteiger partial charge in [-0.2, -0.15) is 0 Å². The minimum Gasteiger partial charge on any atom is -0.378 e. The van der Waals surface area contributed by atoms with Crippen LogP contribution in [0.5, 0.6) is 0 Å². The number of hydrogen-bond donors (Lipinski definition) is 1. The fourth-order valence-corrected chi connectivity index (χ4v) is 2.58. The fraction of sp³-hybridized carbons (Fsp3) is 0.200. The van der Waals surface area contributed by atoms with Crippen molar-refractivity contribution in [1.29, 1.82) is 0 Å². The number of rotatable bonds is 3. The van der Waals surface area contributed by atoms with Gasteiger partial charge in [-0.3, -0.25) is 0 Å². The van der Waals surface area contributed by atoms with Crippen molar-refractivity contribution >= 4 is 33.2 Å². The average molecular weight is 325 g/mol. The lowest BCUT2D eigenvalue weighted by Gasteiger charge is -2.17. The van der Waals surface area contributed by atoms with Gasteiger partial charge >= 0.3 is 0 Å². The molecule has 18 heavy (non-hydrogen) atoms. The van der Waals surface area contributed by atoms with Crippen molar-refractivity contribution in [2.45, 2.75) is 19.9 Å². The van der Waals surface area contributed by atoms with Crippen LogP contribution in [0, 0.1) is 6.92 Å². The van der Waals surface area contributed by atoms with E-state index in [0.29, 0.717) is 0 Å².